The van der Waals surface area contributed by atoms with Crippen LogP contribution in [-0.4, -0.2) is 75.5 Å². The lowest BCUT2D eigenvalue weighted by Gasteiger charge is -2.34. The van der Waals surface area contributed by atoms with E-state index >= 15 is 4.39 Å². The molecule has 41 heavy (non-hydrogen) atoms. The highest BCUT2D eigenvalue weighted by Crippen LogP contribution is 2.48. The highest BCUT2D eigenvalue weighted by Gasteiger charge is 2.45. The Balaban J connectivity index is 1.18. The van der Waals surface area contributed by atoms with Crippen molar-refractivity contribution in [1.29, 1.82) is 0 Å². The van der Waals surface area contributed by atoms with Crippen molar-refractivity contribution >= 4 is 27.6 Å². The van der Waals surface area contributed by atoms with Crippen LogP contribution in [0.3, 0.4) is 0 Å². The number of benzene rings is 2. The first-order valence-electron chi connectivity index (χ1n) is 15.5. The molecular weight excluding hydrogens is 517 g/mol. The molecule has 9 rings (SSSR count). The van der Waals surface area contributed by atoms with Crippen LogP contribution in [0.5, 0.6) is 6.01 Å². The zero-order valence-electron chi connectivity index (χ0n) is 23.3. The van der Waals surface area contributed by atoms with E-state index in [-0.39, 0.29) is 11.4 Å². The molecular formula is C32H36FN7O. The van der Waals surface area contributed by atoms with Crippen molar-refractivity contribution in [3.05, 3.63) is 41.8 Å². The maximum Gasteiger partial charge on any atom is 0.319 e. The van der Waals surface area contributed by atoms with Gasteiger partial charge in [-0.25, -0.2) is 4.39 Å². The fourth-order valence-corrected chi connectivity index (χ4v) is 8.32. The number of anilines is 1. The van der Waals surface area contributed by atoms with Gasteiger partial charge in [-0.15, -0.1) is 0 Å². The quantitative estimate of drug-likeness (QED) is 0.342. The molecule has 2 aromatic carbocycles. The maximum absolute atomic E-state index is 16.9. The summed E-state index contributed by atoms with van der Waals surface area (Å²) < 4.78 is 23.3. The Kier molecular flexibility index (Phi) is 5.40. The molecule has 9 heteroatoms. The Bertz CT molecular complexity index is 1640. The monoisotopic (exact) mass is 553 g/mol. The number of piperazine rings is 1. The second-order valence-corrected chi connectivity index (χ2v) is 13.0. The standard InChI is InChI=1S/C32H36FN7O/c33-28-23(27-22(19-3-4-19)9-10-26-25(27)15-34-38-26)7-8-24-29(28)36-31(41-18-32-11-1-13-40(32)14-2-12-32)37-30(24)39-16-20-5-6-21(17-39)35-20/h7-10,15,19-21,35H,1-6,11-14,16-18H2,(H,34,38). The lowest BCUT2D eigenvalue weighted by atomic mass is 9.92. The van der Waals surface area contributed by atoms with Crippen molar-refractivity contribution in [2.75, 3.05) is 37.7 Å². The van der Waals surface area contributed by atoms with Crippen LogP contribution in [-0.2, 0) is 0 Å². The summed E-state index contributed by atoms with van der Waals surface area (Å²) >= 11 is 0. The zero-order chi connectivity index (χ0) is 27.1. The lowest BCUT2D eigenvalue weighted by Crippen LogP contribution is -2.51. The van der Waals surface area contributed by atoms with E-state index in [4.69, 9.17) is 14.7 Å². The maximum atomic E-state index is 16.9. The van der Waals surface area contributed by atoms with E-state index in [9.17, 15) is 0 Å². The number of halogens is 1. The number of nitrogens with zero attached hydrogens (tertiary/aromatic N) is 5. The summed E-state index contributed by atoms with van der Waals surface area (Å²) in [7, 11) is 0. The van der Waals surface area contributed by atoms with E-state index in [2.05, 4.69) is 37.4 Å². The van der Waals surface area contributed by atoms with Gasteiger partial charge in [-0.3, -0.25) is 10.00 Å². The fraction of sp³-hybridized carbons (Fsp3) is 0.531. The molecule has 5 aliphatic rings. The van der Waals surface area contributed by atoms with Crippen molar-refractivity contribution in [3.63, 3.8) is 0 Å². The lowest BCUT2D eigenvalue weighted by molar-refractivity contribution is 0.108. The molecule has 0 amide bonds. The third-order valence-corrected chi connectivity index (χ3v) is 10.5. The van der Waals surface area contributed by atoms with E-state index in [1.54, 1.807) is 0 Å². The topological polar surface area (TPSA) is 82.2 Å². The number of H-pyrrole nitrogens is 1. The summed E-state index contributed by atoms with van der Waals surface area (Å²) in [6.07, 6.45) is 11.1. The minimum atomic E-state index is -0.300. The molecule has 2 aromatic heterocycles. The van der Waals surface area contributed by atoms with Crippen LogP contribution < -0.4 is 15.0 Å². The largest absolute Gasteiger partial charge is 0.461 e. The van der Waals surface area contributed by atoms with Gasteiger partial charge in [0.1, 0.15) is 17.9 Å². The number of aromatic nitrogens is 4. The van der Waals surface area contributed by atoms with Gasteiger partial charge in [-0.05, 0) is 93.6 Å². The number of hydrogen-bond donors (Lipinski definition) is 2. The third-order valence-electron chi connectivity index (χ3n) is 10.5. The molecule has 1 saturated carbocycles. The summed E-state index contributed by atoms with van der Waals surface area (Å²) in [6.45, 7) is 4.56. The summed E-state index contributed by atoms with van der Waals surface area (Å²) in [6, 6.07) is 9.35. The second-order valence-electron chi connectivity index (χ2n) is 13.0. The summed E-state index contributed by atoms with van der Waals surface area (Å²) in [5.74, 6) is 0.965. The van der Waals surface area contributed by atoms with Gasteiger partial charge >= 0.3 is 6.01 Å². The third kappa shape index (κ3) is 3.88. The van der Waals surface area contributed by atoms with Gasteiger partial charge in [-0.1, -0.05) is 12.1 Å². The minimum Gasteiger partial charge on any atom is -0.461 e. The van der Waals surface area contributed by atoms with Crippen LogP contribution in [0.2, 0.25) is 0 Å². The van der Waals surface area contributed by atoms with E-state index in [1.807, 2.05) is 18.3 Å². The molecule has 212 valence electrons. The van der Waals surface area contributed by atoms with Crippen LogP contribution in [0, 0.1) is 5.82 Å². The Morgan fingerprint density at radius 2 is 1.76 bits per heavy atom. The Labute approximate surface area is 238 Å². The summed E-state index contributed by atoms with van der Waals surface area (Å²) in [5.41, 5.74) is 4.06. The fourth-order valence-electron chi connectivity index (χ4n) is 8.32. The van der Waals surface area contributed by atoms with Crippen molar-refractivity contribution < 1.29 is 9.13 Å². The normalized spacial score (nSPS) is 25.4. The summed E-state index contributed by atoms with van der Waals surface area (Å²) in [4.78, 5) is 14.7. The van der Waals surface area contributed by atoms with E-state index in [1.165, 1.54) is 31.2 Å². The first-order chi connectivity index (χ1) is 20.1. The van der Waals surface area contributed by atoms with Crippen LogP contribution in [0.25, 0.3) is 32.9 Å². The molecule has 2 atom stereocenters. The zero-order valence-corrected chi connectivity index (χ0v) is 23.3. The van der Waals surface area contributed by atoms with Gasteiger partial charge in [0.05, 0.1) is 17.3 Å². The first-order valence-corrected chi connectivity index (χ1v) is 15.5. The van der Waals surface area contributed by atoms with Gasteiger partial charge in [0, 0.05) is 41.5 Å². The van der Waals surface area contributed by atoms with Crippen LogP contribution >= 0.6 is 0 Å². The Morgan fingerprint density at radius 1 is 0.951 bits per heavy atom. The van der Waals surface area contributed by atoms with Gasteiger partial charge < -0.3 is 15.0 Å². The molecule has 4 saturated heterocycles. The number of aromatic amines is 1. The molecule has 2 N–H and O–H groups in total. The van der Waals surface area contributed by atoms with Crippen molar-refractivity contribution in [2.24, 2.45) is 0 Å². The van der Waals surface area contributed by atoms with Crippen molar-refractivity contribution in [1.82, 2.24) is 30.4 Å². The first kappa shape index (κ1) is 24.3. The predicted octanol–water partition coefficient (Wildman–Crippen LogP) is 5.14. The molecule has 1 aliphatic carbocycles. The predicted molar refractivity (Wildman–Crippen MR) is 157 cm³/mol. The molecule has 0 radical (unpaired) electrons. The van der Waals surface area contributed by atoms with Gasteiger partial charge in [0.2, 0.25) is 0 Å². The molecule has 6 heterocycles. The smallest absolute Gasteiger partial charge is 0.319 e. The highest BCUT2D eigenvalue weighted by molar-refractivity contribution is 6.00. The van der Waals surface area contributed by atoms with Crippen molar-refractivity contribution in [3.8, 4) is 17.1 Å². The SMILES string of the molecule is Fc1c(-c2c(C3CC3)ccc3[nH]ncc23)ccc2c(N3CC4CCC(C3)N4)nc(OCC34CCCN3CCC4)nc12. The highest BCUT2D eigenvalue weighted by atomic mass is 19.1. The molecule has 2 bridgehead atoms. The van der Waals surface area contributed by atoms with Crippen molar-refractivity contribution in [2.45, 2.75) is 74.9 Å². The molecule has 8 nitrogen and oxygen atoms in total. The molecule has 2 unspecified atom stereocenters. The second kappa shape index (κ2) is 9.10. The van der Waals surface area contributed by atoms with E-state index in [0.29, 0.717) is 41.7 Å². The molecule has 5 fully saturated rings. The van der Waals surface area contributed by atoms with Gasteiger partial charge in [0.25, 0.3) is 0 Å². The van der Waals surface area contributed by atoms with Crippen LogP contribution in [0.4, 0.5) is 10.2 Å². The molecule has 4 aromatic rings. The number of ether oxygens (including phenoxy) is 1. The van der Waals surface area contributed by atoms with Crippen LogP contribution in [0.15, 0.2) is 30.5 Å². The average Bonchev–Trinajstić information content (AvgIpc) is 3.27. The average molecular weight is 554 g/mol. The molecule has 4 aliphatic heterocycles. The number of hydrogen-bond acceptors (Lipinski definition) is 7. The number of fused-ring (bicyclic) bond motifs is 5. The molecule has 0 spiro atoms. The van der Waals surface area contributed by atoms with Crippen LogP contribution in [0.1, 0.15) is 62.8 Å². The van der Waals surface area contributed by atoms with Gasteiger partial charge in [-0.2, -0.15) is 15.1 Å². The minimum absolute atomic E-state index is 0.0725. The Morgan fingerprint density at radius 3 is 2.54 bits per heavy atom. The number of nitrogens with one attached hydrogen (secondary N) is 2. The van der Waals surface area contributed by atoms with Gasteiger partial charge in [0.15, 0.2) is 5.82 Å². The number of rotatable bonds is 6. The Hall–Kier alpha value is -3.30. The van der Waals surface area contributed by atoms with E-state index in [0.717, 1.165) is 79.5 Å². The van der Waals surface area contributed by atoms with E-state index < -0.39 is 0 Å². The summed E-state index contributed by atoms with van der Waals surface area (Å²) in [5, 5.41) is 12.8.